The van der Waals surface area contributed by atoms with Crippen LogP contribution in [0.1, 0.15) is 23.4 Å². The molecule has 0 bridgehead atoms. The first-order chi connectivity index (χ1) is 11.6. The van der Waals surface area contributed by atoms with E-state index in [0.29, 0.717) is 30.2 Å². The molecule has 2 aromatic rings. The molecular weight excluding hydrogens is 312 g/mol. The number of ether oxygens (including phenoxy) is 2. The van der Waals surface area contributed by atoms with Gasteiger partial charge in [-0.2, -0.15) is 0 Å². The van der Waals surface area contributed by atoms with Gasteiger partial charge < -0.3 is 24.5 Å². The Hall–Kier alpha value is -2.96. The molecule has 7 nitrogen and oxygen atoms in total. The molecule has 0 atom stereocenters. The number of hydrogen-bond donors (Lipinski definition) is 2. The van der Waals surface area contributed by atoms with Crippen LogP contribution in [0, 0.1) is 0 Å². The highest BCUT2D eigenvalue weighted by Gasteiger charge is 2.09. The largest absolute Gasteiger partial charge is 0.497 e. The summed E-state index contributed by atoms with van der Waals surface area (Å²) >= 11 is 0. The van der Waals surface area contributed by atoms with Crippen LogP contribution in [0.15, 0.2) is 41.0 Å². The maximum absolute atomic E-state index is 12.0. The molecular formula is C17H20N2O5. The third-order valence-electron chi connectivity index (χ3n) is 3.25. The number of carbonyl (C=O) groups excluding carboxylic acids is 2. The molecule has 0 radical (unpaired) electrons. The highest BCUT2D eigenvalue weighted by atomic mass is 16.5. The summed E-state index contributed by atoms with van der Waals surface area (Å²) in [6.07, 6.45) is 2.22. The zero-order valence-corrected chi connectivity index (χ0v) is 13.6. The fourth-order valence-corrected chi connectivity index (χ4v) is 2.05. The molecule has 0 aliphatic heterocycles. The van der Waals surface area contributed by atoms with Gasteiger partial charge >= 0.3 is 0 Å². The van der Waals surface area contributed by atoms with Crippen LogP contribution < -0.4 is 20.1 Å². The van der Waals surface area contributed by atoms with E-state index in [0.717, 1.165) is 0 Å². The first-order valence-corrected chi connectivity index (χ1v) is 7.47. The smallest absolute Gasteiger partial charge is 0.286 e. The van der Waals surface area contributed by atoms with Crippen molar-refractivity contribution in [2.24, 2.45) is 0 Å². The number of furan rings is 1. The molecule has 0 fully saturated rings. The summed E-state index contributed by atoms with van der Waals surface area (Å²) in [5, 5.41) is 5.46. The van der Waals surface area contributed by atoms with Crippen LogP contribution >= 0.6 is 0 Å². The van der Waals surface area contributed by atoms with Crippen LogP contribution in [0.4, 0.5) is 5.69 Å². The summed E-state index contributed by atoms with van der Waals surface area (Å²) < 4.78 is 15.3. The first kappa shape index (κ1) is 17.4. The van der Waals surface area contributed by atoms with Crippen LogP contribution in [0.25, 0.3) is 0 Å². The molecule has 24 heavy (non-hydrogen) atoms. The van der Waals surface area contributed by atoms with Crippen LogP contribution in [-0.2, 0) is 4.79 Å². The highest BCUT2D eigenvalue weighted by Crippen LogP contribution is 2.25. The summed E-state index contributed by atoms with van der Waals surface area (Å²) in [4.78, 5) is 23.6. The molecule has 1 aromatic heterocycles. The Morgan fingerprint density at radius 3 is 2.42 bits per heavy atom. The maximum Gasteiger partial charge on any atom is 0.286 e. The molecule has 128 valence electrons. The number of rotatable bonds is 8. The van der Waals surface area contributed by atoms with Gasteiger partial charge in [-0.1, -0.05) is 0 Å². The molecule has 2 amide bonds. The minimum Gasteiger partial charge on any atom is -0.497 e. The number of carbonyl (C=O) groups is 2. The molecule has 2 N–H and O–H groups in total. The van der Waals surface area contributed by atoms with Crippen molar-refractivity contribution in [1.82, 2.24) is 5.32 Å². The second-order valence-electron chi connectivity index (χ2n) is 4.99. The lowest BCUT2D eigenvalue weighted by Gasteiger charge is -2.10. The predicted octanol–water partition coefficient (Wildman–Crippen LogP) is 2.45. The third kappa shape index (κ3) is 5.05. The molecule has 0 spiro atoms. The van der Waals surface area contributed by atoms with E-state index >= 15 is 0 Å². The molecule has 1 aromatic carbocycles. The van der Waals surface area contributed by atoms with Crippen molar-refractivity contribution in [3.8, 4) is 11.5 Å². The second kappa shape index (κ2) is 8.61. The van der Waals surface area contributed by atoms with Crippen molar-refractivity contribution < 1.29 is 23.5 Å². The van der Waals surface area contributed by atoms with Gasteiger partial charge in [-0.3, -0.25) is 9.59 Å². The molecule has 0 unspecified atom stereocenters. The van der Waals surface area contributed by atoms with Crippen LogP contribution in [0.3, 0.4) is 0 Å². The molecule has 2 rings (SSSR count). The van der Waals surface area contributed by atoms with Crippen LogP contribution in [-0.4, -0.2) is 32.6 Å². The summed E-state index contributed by atoms with van der Waals surface area (Å²) in [5.74, 6) is 0.990. The van der Waals surface area contributed by atoms with Gasteiger partial charge in [-0.05, 0) is 18.6 Å². The lowest BCUT2D eigenvalue weighted by Crippen LogP contribution is -2.25. The van der Waals surface area contributed by atoms with Gasteiger partial charge in [-0.15, -0.1) is 0 Å². The first-order valence-electron chi connectivity index (χ1n) is 7.47. The minimum atomic E-state index is -0.294. The third-order valence-corrected chi connectivity index (χ3v) is 3.25. The topological polar surface area (TPSA) is 89.8 Å². The average molecular weight is 332 g/mol. The fourth-order valence-electron chi connectivity index (χ4n) is 2.05. The van der Waals surface area contributed by atoms with Crippen molar-refractivity contribution in [1.29, 1.82) is 0 Å². The van der Waals surface area contributed by atoms with Crippen molar-refractivity contribution in [3.05, 3.63) is 42.4 Å². The number of anilines is 1. The Morgan fingerprint density at radius 2 is 1.83 bits per heavy atom. The predicted molar refractivity (Wildman–Crippen MR) is 88.5 cm³/mol. The van der Waals surface area contributed by atoms with Gasteiger partial charge in [0.05, 0.1) is 20.5 Å². The standard InChI is InChI=1S/C17H20N2O5/c1-22-13-9-12(10-14(11-13)23-2)19-16(20)6-3-7-18-17(21)15-5-4-8-24-15/h4-5,8-11H,3,6-7H2,1-2H3,(H,18,21)(H,19,20). The zero-order valence-electron chi connectivity index (χ0n) is 13.6. The minimum absolute atomic E-state index is 0.155. The Labute approximate surface area is 139 Å². The Kier molecular flexibility index (Phi) is 6.24. The summed E-state index contributed by atoms with van der Waals surface area (Å²) in [5.41, 5.74) is 0.593. The van der Waals surface area contributed by atoms with Crippen molar-refractivity contribution in [3.63, 3.8) is 0 Å². The van der Waals surface area contributed by atoms with Gasteiger partial charge in [0.1, 0.15) is 11.5 Å². The Morgan fingerprint density at radius 1 is 1.12 bits per heavy atom. The SMILES string of the molecule is COc1cc(NC(=O)CCCNC(=O)c2ccco2)cc(OC)c1. The van der Waals surface area contributed by atoms with Crippen LogP contribution in [0.5, 0.6) is 11.5 Å². The van der Waals surface area contributed by atoms with Gasteiger partial charge in [-0.25, -0.2) is 0 Å². The van der Waals surface area contributed by atoms with E-state index in [9.17, 15) is 9.59 Å². The number of amides is 2. The summed E-state index contributed by atoms with van der Waals surface area (Å²) in [6, 6.07) is 8.36. The molecule has 0 aliphatic rings. The molecule has 7 heteroatoms. The lowest BCUT2D eigenvalue weighted by atomic mass is 10.2. The van der Waals surface area contributed by atoms with E-state index in [4.69, 9.17) is 13.9 Å². The summed E-state index contributed by atoms with van der Waals surface area (Å²) in [7, 11) is 3.09. The monoisotopic (exact) mass is 332 g/mol. The zero-order chi connectivity index (χ0) is 17.4. The number of nitrogens with one attached hydrogen (secondary N) is 2. The lowest BCUT2D eigenvalue weighted by molar-refractivity contribution is -0.116. The van der Waals surface area contributed by atoms with Crippen LogP contribution in [0.2, 0.25) is 0 Å². The Bertz CT molecular complexity index is 660. The highest BCUT2D eigenvalue weighted by molar-refractivity contribution is 5.92. The number of methoxy groups -OCH3 is 2. The maximum atomic E-state index is 12.0. The second-order valence-corrected chi connectivity index (χ2v) is 4.99. The molecule has 0 saturated carbocycles. The van der Waals surface area contributed by atoms with Gasteiger partial charge in [0.25, 0.3) is 5.91 Å². The quantitative estimate of drug-likeness (QED) is 0.725. The van der Waals surface area contributed by atoms with Gasteiger partial charge in [0.15, 0.2) is 5.76 Å². The van der Waals surface area contributed by atoms with Gasteiger partial charge in [0.2, 0.25) is 5.91 Å². The van der Waals surface area contributed by atoms with Crippen molar-refractivity contribution >= 4 is 17.5 Å². The van der Waals surface area contributed by atoms with E-state index < -0.39 is 0 Å². The molecule has 1 heterocycles. The molecule has 0 saturated heterocycles. The van der Waals surface area contributed by atoms with E-state index in [-0.39, 0.29) is 24.0 Å². The Balaban J connectivity index is 1.76. The number of hydrogen-bond acceptors (Lipinski definition) is 5. The normalized spacial score (nSPS) is 10.1. The molecule has 0 aliphatic carbocycles. The number of benzene rings is 1. The summed E-state index contributed by atoms with van der Waals surface area (Å²) in [6.45, 7) is 0.383. The average Bonchev–Trinajstić information content (AvgIpc) is 3.12. The van der Waals surface area contributed by atoms with E-state index in [2.05, 4.69) is 10.6 Å². The van der Waals surface area contributed by atoms with Crippen molar-refractivity contribution in [2.45, 2.75) is 12.8 Å². The van der Waals surface area contributed by atoms with Gasteiger partial charge in [0, 0.05) is 36.9 Å². The van der Waals surface area contributed by atoms with E-state index in [1.807, 2.05) is 0 Å². The van der Waals surface area contributed by atoms with Crippen molar-refractivity contribution in [2.75, 3.05) is 26.1 Å². The fraction of sp³-hybridized carbons (Fsp3) is 0.294. The van der Waals surface area contributed by atoms with E-state index in [1.54, 1.807) is 44.6 Å². The van der Waals surface area contributed by atoms with E-state index in [1.165, 1.54) is 6.26 Å².